The first-order chi connectivity index (χ1) is 13.1. The fraction of sp³-hybridized carbons (Fsp3) is 0.389. The van der Waals surface area contributed by atoms with Crippen molar-refractivity contribution < 1.29 is 10.0 Å². The van der Waals surface area contributed by atoms with Crippen molar-refractivity contribution in [1.29, 1.82) is 0 Å². The number of carbonyl (C=O) groups excluding carboxylic acids is 1. The number of H-pyrrole nitrogens is 1. The monoisotopic (exact) mass is 365 g/mol. The molecule has 1 saturated carbocycles. The molecule has 1 spiro atoms. The zero-order valence-corrected chi connectivity index (χ0v) is 14.9. The van der Waals surface area contributed by atoms with Gasteiger partial charge in [0, 0.05) is 0 Å². The second kappa shape index (κ2) is 5.63. The van der Waals surface area contributed by atoms with E-state index in [4.69, 9.17) is 0 Å². The summed E-state index contributed by atoms with van der Waals surface area (Å²) in [5.41, 5.74) is 2.84. The molecule has 1 fully saturated rings. The maximum Gasteiger partial charge on any atom is 0.254 e. The molecule has 9 heteroatoms. The van der Waals surface area contributed by atoms with Crippen molar-refractivity contribution in [2.45, 2.75) is 44.6 Å². The summed E-state index contributed by atoms with van der Waals surface area (Å²) in [4.78, 5) is 32.5. The molecule has 0 saturated heterocycles. The summed E-state index contributed by atoms with van der Waals surface area (Å²) in [6.07, 6.45) is 7.71. The van der Waals surface area contributed by atoms with Crippen LogP contribution < -0.4 is 10.8 Å². The van der Waals surface area contributed by atoms with E-state index >= 15 is 0 Å². The first kappa shape index (κ1) is 16.0. The highest BCUT2D eigenvalue weighted by molar-refractivity contribution is 6.00. The van der Waals surface area contributed by atoms with Crippen molar-refractivity contribution >= 4 is 22.9 Å². The second-order valence-corrected chi connectivity index (χ2v) is 7.23. The third kappa shape index (κ3) is 2.27. The molecule has 27 heavy (non-hydrogen) atoms. The summed E-state index contributed by atoms with van der Waals surface area (Å²) < 4.78 is 1.05. The van der Waals surface area contributed by atoms with Gasteiger partial charge in [0.05, 0.1) is 23.1 Å². The van der Waals surface area contributed by atoms with Crippen molar-refractivity contribution in [3.8, 4) is 0 Å². The Labute approximate surface area is 154 Å². The number of nitrogens with one attached hydrogen (secondary N) is 2. The standard InChI is InChI=1S/C18H19N7O2/c1-10-7-11(23-16-13-15(20-8-19-13)21-9-22-16)25(27)14-12(10)17(26)24-18(14)5-3-2-4-6-18/h7-9,27H,2-6H2,1H3,(H,24,26)(H,19,20,21,22). The second-order valence-electron chi connectivity index (χ2n) is 7.23. The summed E-state index contributed by atoms with van der Waals surface area (Å²) in [6.45, 7) is 1.87. The molecule has 0 bridgehead atoms. The Bertz CT molecular complexity index is 1140. The van der Waals surface area contributed by atoms with Crippen LogP contribution in [-0.4, -0.2) is 35.8 Å². The van der Waals surface area contributed by atoms with Crippen molar-refractivity contribution in [3.05, 3.63) is 41.0 Å². The number of hydrogen-bond acceptors (Lipinski definition) is 6. The number of fused-ring (bicyclic) bond motifs is 3. The number of pyridine rings is 1. The van der Waals surface area contributed by atoms with E-state index < -0.39 is 5.54 Å². The lowest BCUT2D eigenvalue weighted by Gasteiger charge is -2.34. The van der Waals surface area contributed by atoms with E-state index in [9.17, 15) is 10.0 Å². The Morgan fingerprint density at radius 1 is 1.22 bits per heavy atom. The van der Waals surface area contributed by atoms with Gasteiger partial charge in [-0.2, -0.15) is 4.73 Å². The lowest BCUT2D eigenvalue weighted by atomic mass is 9.79. The Balaban J connectivity index is 1.77. The van der Waals surface area contributed by atoms with E-state index in [1.165, 1.54) is 12.7 Å². The molecular formula is C18H19N7O2. The van der Waals surface area contributed by atoms with Crippen LogP contribution in [0.4, 0.5) is 5.82 Å². The normalized spacial score (nSPS) is 18.9. The lowest BCUT2D eigenvalue weighted by molar-refractivity contribution is 0.0892. The quantitative estimate of drug-likeness (QED) is 0.568. The first-order valence-corrected chi connectivity index (χ1v) is 9.07. The molecule has 1 aliphatic heterocycles. The van der Waals surface area contributed by atoms with Gasteiger partial charge in [-0.15, -0.1) is 0 Å². The third-order valence-corrected chi connectivity index (χ3v) is 5.57. The summed E-state index contributed by atoms with van der Waals surface area (Å²) in [7, 11) is 0. The highest BCUT2D eigenvalue weighted by Gasteiger charge is 2.47. The minimum Gasteiger partial charge on any atom is -0.427 e. The van der Waals surface area contributed by atoms with Crippen molar-refractivity contribution in [1.82, 2.24) is 30.0 Å². The van der Waals surface area contributed by atoms with E-state index in [1.54, 1.807) is 6.07 Å². The zero-order valence-electron chi connectivity index (χ0n) is 14.9. The molecule has 9 nitrogen and oxygen atoms in total. The van der Waals surface area contributed by atoms with Crippen LogP contribution in [0, 0.1) is 6.92 Å². The number of nitrogens with zero attached hydrogens (tertiary/aromatic N) is 5. The fourth-order valence-corrected chi connectivity index (χ4v) is 4.34. The summed E-state index contributed by atoms with van der Waals surface area (Å²) in [6, 6.07) is 1.70. The average molecular weight is 365 g/mol. The number of aryl methyl sites for hydroxylation is 1. The molecule has 3 aromatic heterocycles. The van der Waals surface area contributed by atoms with Crippen molar-refractivity contribution in [2.75, 3.05) is 0 Å². The van der Waals surface area contributed by atoms with E-state index in [0.29, 0.717) is 33.7 Å². The van der Waals surface area contributed by atoms with Gasteiger partial charge in [0.15, 0.2) is 17.0 Å². The molecule has 0 radical (unpaired) electrons. The van der Waals surface area contributed by atoms with Crippen molar-refractivity contribution in [3.63, 3.8) is 0 Å². The number of imidazole rings is 1. The van der Waals surface area contributed by atoms with Crippen LogP contribution in [0.25, 0.3) is 11.2 Å². The van der Waals surface area contributed by atoms with Crippen LogP contribution >= 0.6 is 0 Å². The molecule has 1 amide bonds. The van der Waals surface area contributed by atoms with Gasteiger partial charge in [0.25, 0.3) is 5.91 Å². The molecule has 3 aromatic rings. The Kier molecular flexibility index (Phi) is 3.33. The molecular weight excluding hydrogens is 346 g/mol. The van der Waals surface area contributed by atoms with Gasteiger partial charge in [0.2, 0.25) is 0 Å². The van der Waals surface area contributed by atoms with Crippen LogP contribution in [0.3, 0.4) is 0 Å². The highest BCUT2D eigenvalue weighted by Crippen LogP contribution is 2.42. The number of amides is 1. The van der Waals surface area contributed by atoms with E-state index in [2.05, 4.69) is 30.2 Å². The maximum absolute atomic E-state index is 12.6. The van der Waals surface area contributed by atoms with Gasteiger partial charge in [-0.25, -0.2) is 19.9 Å². The van der Waals surface area contributed by atoms with Gasteiger partial charge in [-0.3, -0.25) is 4.79 Å². The summed E-state index contributed by atoms with van der Waals surface area (Å²) in [5.74, 6) is 0.256. The van der Waals surface area contributed by atoms with Crippen LogP contribution in [0.2, 0.25) is 0 Å². The number of hydrogen-bond donors (Lipinski definition) is 3. The number of aromatic nitrogens is 5. The molecule has 4 heterocycles. The topological polar surface area (TPSA) is 121 Å². The molecule has 138 valence electrons. The average Bonchev–Trinajstić information content (AvgIpc) is 3.24. The van der Waals surface area contributed by atoms with Gasteiger partial charge in [-0.1, -0.05) is 19.3 Å². The van der Waals surface area contributed by atoms with Crippen LogP contribution in [-0.2, 0) is 5.54 Å². The number of carbonyl (C=O) groups is 1. The molecule has 5 rings (SSSR count). The number of rotatable bonds is 1. The summed E-state index contributed by atoms with van der Waals surface area (Å²) in [5, 5.41) is 14.1. The molecule has 0 atom stereocenters. The van der Waals surface area contributed by atoms with Gasteiger partial charge < -0.3 is 15.5 Å². The molecule has 2 aliphatic rings. The largest absolute Gasteiger partial charge is 0.427 e. The van der Waals surface area contributed by atoms with Gasteiger partial charge >= 0.3 is 0 Å². The first-order valence-electron chi connectivity index (χ1n) is 9.07. The Hall–Kier alpha value is -3.23. The lowest BCUT2D eigenvalue weighted by Crippen LogP contribution is -2.43. The molecule has 1 aliphatic carbocycles. The molecule has 0 unspecified atom stereocenters. The SMILES string of the molecule is Cc1cc(=Nc2ncnc3nc[nH]c23)n(O)c2c1C(=O)NC21CCCCC1. The number of aromatic amines is 1. The molecule has 0 aromatic carbocycles. The maximum atomic E-state index is 12.6. The van der Waals surface area contributed by atoms with Gasteiger partial charge in [0.1, 0.15) is 11.8 Å². The Morgan fingerprint density at radius 2 is 2.04 bits per heavy atom. The predicted octanol–water partition coefficient (Wildman–Crippen LogP) is 1.84. The smallest absolute Gasteiger partial charge is 0.254 e. The molecule has 3 N–H and O–H groups in total. The summed E-state index contributed by atoms with van der Waals surface area (Å²) >= 11 is 0. The minimum atomic E-state index is -0.523. The fourth-order valence-electron chi connectivity index (χ4n) is 4.34. The third-order valence-electron chi connectivity index (χ3n) is 5.57. The van der Waals surface area contributed by atoms with E-state index in [-0.39, 0.29) is 5.91 Å². The highest BCUT2D eigenvalue weighted by atomic mass is 16.5. The van der Waals surface area contributed by atoms with Crippen LogP contribution in [0.15, 0.2) is 23.7 Å². The van der Waals surface area contributed by atoms with Crippen LogP contribution in [0.1, 0.15) is 53.7 Å². The minimum absolute atomic E-state index is 0.128. The van der Waals surface area contributed by atoms with E-state index in [0.717, 1.165) is 42.4 Å². The van der Waals surface area contributed by atoms with Gasteiger partial charge in [-0.05, 0) is 31.4 Å². The van der Waals surface area contributed by atoms with Crippen LogP contribution in [0.5, 0.6) is 0 Å². The van der Waals surface area contributed by atoms with Crippen molar-refractivity contribution in [2.24, 2.45) is 4.99 Å². The van der Waals surface area contributed by atoms with E-state index in [1.807, 2.05) is 6.92 Å². The zero-order chi connectivity index (χ0) is 18.6. The predicted molar refractivity (Wildman–Crippen MR) is 95.5 cm³/mol. The Morgan fingerprint density at radius 3 is 2.85 bits per heavy atom.